The van der Waals surface area contributed by atoms with Crippen LogP contribution in [0, 0.1) is 0 Å². The van der Waals surface area contributed by atoms with Crippen LogP contribution in [0.1, 0.15) is 37.2 Å². The summed E-state index contributed by atoms with van der Waals surface area (Å²) in [6.45, 7) is 5.51. The fourth-order valence-electron chi connectivity index (χ4n) is 3.66. The Balaban J connectivity index is 1.56. The van der Waals surface area contributed by atoms with Crippen molar-refractivity contribution in [3.05, 3.63) is 42.6 Å². The Morgan fingerprint density at radius 3 is 2.91 bits per heavy atom. The van der Waals surface area contributed by atoms with Gasteiger partial charge in [-0.25, -0.2) is 9.97 Å². The molecule has 1 amide bonds. The van der Waals surface area contributed by atoms with Crippen LogP contribution in [0.3, 0.4) is 0 Å². The van der Waals surface area contributed by atoms with Crippen molar-refractivity contribution in [1.29, 1.82) is 0 Å². The molecule has 5 N–H and O–H groups in total. The molecule has 0 unspecified atom stereocenters. The molecule has 1 aliphatic heterocycles. The Labute approximate surface area is 186 Å². The second-order valence-electron chi connectivity index (χ2n) is 8.67. The van der Waals surface area contributed by atoms with E-state index in [9.17, 15) is 9.90 Å². The summed E-state index contributed by atoms with van der Waals surface area (Å²) < 4.78 is 1.68. The largest absolute Gasteiger partial charge is 0.389 e. The van der Waals surface area contributed by atoms with Gasteiger partial charge >= 0.3 is 0 Å². The number of nitrogens with two attached hydrogens (primary N) is 1. The summed E-state index contributed by atoms with van der Waals surface area (Å²) in [5.74, 6) is -0.232. The predicted octanol–water partition coefficient (Wildman–Crippen LogP) is 1.24. The molecule has 1 saturated heterocycles. The molecule has 0 aliphatic carbocycles. The maximum absolute atomic E-state index is 12.8. The third-order valence-electron chi connectivity index (χ3n) is 5.18. The van der Waals surface area contributed by atoms with E-state index in [0.29, 0.717) is 17.9 Å². The zero-order chi connectivity index (χ0) is 22.7. The first-order valence-corrected chi connectivity index (χ1v) is 10.6. The number of aromatic nitrogens is 5. The summed E-state index contributed by atoms with van der Waals surface area (Å²) in [6, 6.07) is 3.71. The minimum atomic E-state index is -0.872. The molecule has 10 nitrogen and oxygen atoms in total. The van der Waals surface area contributed by atoms with E-state index in [1.165, 1.54) is 0 Å². The van der Waals surface area contributed by atoms with Gasteiger partial charge in [-0.2, -0.15) is 5.10 Å². The SMILES string of the molecule is CC(C)(O)Cn1cc(-c2cc(-c3cnc(N)c(C(=O)N[C@H]4CCCNC4)n3)ccn2)cn1. The lowest BCUT2D eigenvalue weighted by Gasteiger charge is -2.23. The highest BCUT2D eigenvalue weighted by Crippen LogP contribution is 2.24. The molecule has 0 spiro atoms. The molecule has 0 aromatic carbocycles. The topological polar surface area (TPSA) is 144 Å². The van der Waals surface area contributed by atoms with E-state index in [2.05, 4.69) is 30.7 Å². The van der Waals surface area contributed by atoms with Gasteiger partial charge in [-0.3, -0.25) is 14.5 Å². The van der Waals surface area contributed by atoms with E-state index < -0.39 is 5.60 Å². The molecule has 4 heterocycles. The van der Waals surface area contributed by atoms with Gasteiger partial charge in [-0.05, 0) is 45.4 Å². The molecule has 0 saturated carbocycles. The van der Waals surface area contributed by atoms with E-state index >= 15 is 0 Å². The zero-order valence-electron chi connectivity index (χ0n) is 18.2. The maximum Gasteiger partial charge on any atom is 0.274 e. The smallest absolute Gasteiger partial charge is 0.274 e. The van der Waals surface area contributed by atoms with Crippen molar-refractivity contribution in [2.75, 3.05) is 18.8 Å². The first kappa shape index (κ1) is 21.8. The number of nitrogen functional groups attached to an aromatic ring is 1. The van der Waals surface area contributed by atoms with E-state index in [0.717, 1.165) is 37.1 Å². The van der Waals surface area contributed by atoms with Gasteiger partial charge in [0.15, 0.2) is 11.5 Å². The van der Waals surface area contributed by atoms with Crippen LogP contribution in [0.15, 0.2) is 36.9 Å². The maximum atomic E-state index is 12.8. The molecular formula is C22H28N8O2. The van der Waals surface area contributed by atoms with Crippen molar-refractivity contribution >= 4 is 11.7 Å². The van der Waals surface area contributed by atoms with Crippen molar-refractivity contribution < 1.29 is 9.90 Å². The number of nitrogens with zero attached hydrogens (tertiary/aromatic N) is 5. The highest BCUT2D eigenvalue weighted by molar-refractivity contribution is 5.97. The lowest BCUT2D eigenvalue weighted by Crippen LogP contribution is -2.46. The van der Waals surface area contributed by atoms with Gasteiger partial charge in [0.2, 0.25) is 0 Å². The van der Waals surface area contributed by atoms with Gasteiger partial charge in [0.1, 0.15) is 0 Å². The molecule has 168 valence electrons. The summed E-state index contributed by atoms with van der Waals surface area (Å²) in [4.78, 5) is 25.9. The van der Waals surface area contributed by atoms with Gasteiger partial charge in [0.05, 0.1) is 35.9 Å². The molecular weight excluding hydrogens is 408 g/mol. The van der Waals surface area contributed by atoms with Gasteiger partial charge in [0, 0.05) is 36.1 Å². The predicted molar refractivity (Wildman–Crippen MR) is 121 cm³/mol. The summed E-state index contributed by atoms with van der Waals surface area (Å²) in [7, 11) is 0. The number of rotatable bonds is 6. The summed E-state index contributed by atoms with van der Waals surface area (Å²) in [5, 5.41) is 20.6. The van der Waals surface area contributed by atoms with E-state index in [1.807, 2.05) is 12.3 Å². The Bertz CT molecular complexity index is 1100. The standard InChI is InChI=1S/C22H28N8O2/c1-22(2,32)13-30-12-15(9-27-30)17-8-14(5-7-25-17)18-11-26-20(23)19(29-18)21(31)28-16-4-3-6-24-10-16/h5,7-9,11-12,16,24,32H,3-4,6,10,13H2,1-2H3,(H2,23,26)(H,28,31)/t16-/m0/s1. The van der Waals surface area contributed by atoms with Crippen molar-refractivity contribution in [1.82, 2.24) is 35.4 Å². The van der Waals surface area contributed by atoms with Gasteiger partial charge in [-0.1, -0.05) is 0 Å². The molecule has 0 bridgehead atoms. The fourth-order valence-corrected chi connectivity index (χ4v) is 3.66. The first-order chi connectivity index (χ1) is 15.3. The highest BCUT2D eigenvalue weighted by Gasteiger charge is 2.20. The Morgan fingerprint density at radius 2 is 2.16 bits per heavy atom. The van der Waals surface area contributed by atoms with E-state index in [4.69, 9.17) is 5.73 Å². The normalized spacial score (nSPS) is 16.7. The number of aliphatic hydroxyl groups is 1. The Morgan fingerprint density at radius 1 is 1.31 bits per heavy atom. The van der Waals surface area contributed by atoms with E-state index in [-0.39, 0.29) is 23.5 Å². The molecule has 10 heteroatoms. The number of hydrogen-bond donors (Lipinski definition) is 4. The molecule has 3 aromatic rings. The average Bonchev–Trinajstić information content (AvgIpc) is 3.21. The average molecular weight is 437 g/mol. The lowest BCUT2D eigenvalue weighted by molar-refractivity contribution is 0.0577. The minimum absolute atomic E-state index is 0.0501. The number of carbonyl (C=O) groups is 1. The van der Waals surface area contributed by atoms with Crippen molar-refractivity contribution in [3.8, 4) is 22.5 Å². The van der Waals surface area contributed by atoms with Crippen molar-refractivity contribution in [2.24, 2.45) is 0 Å². The Kier molecular flexibility index (Phi) is 6.15. The van der Waals surface area contributed by atoms with Crippen LogP contribution in [-0.2, 0) is 6.54 Å². The number of hydrogen-bond acceptors (Lipinski definition) is 8. The quantitative estimate of drug-likeness (QED) is 0.452. The highest BCUT2D eigenvalue weighted by atomic mass is 16.3. The molecule has 1 fully saturated rings. The van der Waals surface area contributed by atoms with Crippen LogP contribution in [0.4, 0.5) is 5.82 Å². The fraction of sp³-hybridized carbons (Fsp3) is 0.409. The second-order valence-corrected chi connectivity index (χ2v) is 8.67. The molecule has 1 atom stereocenters. The second kappa shape index (κ2) is 9.01. The van der Waals surface area contributed by atoms with Gasteiger partial charge < -0.3 is 21.5 Å². The number of carbonyl (C=O) groups excluding carboxylic acids is 1. The third-order valence-corrected chi connectivity index (χ3v) is 5.18. The molecule has 1 aliphatic rings. The van der Waals surface area contributed by atoms with Gasteiger partial charge in [-0.15, -0.1) is 0 Å². The number of pyridine rings is 1. The van der Waals surface area contributed by atoms with Crippen molar-refractivity contribution in [2.45, 2.75) is 44.9 Å². The van der Waals surface area contributed by atoms with Crippen LogP contribution in [-0.4, -0.2) is 60.5 Å². The summed E-state index contributed by atoms with van der Waals surface area (Å²) in [5.41, 5.74) is 7.98. The lowest BCUT2D eigenvalue weighted by atomic mass is 10.1. The number of nitrogens with one attached hydrogen (secondary N) is 2. The zero-order valence-corrected chi connectivity index (χ0v) is 18.2. The van der Waals surface area contributed by atoms with E-state index in [1.54, 1.807) is 43.2 Å². The summed E-state index contributed by atoms with van der Waals surface area (Å²) in [6.07, 6.45) is 8.67. The minimum Gasteiger partial charge on any atom is -0.389 e. The molecule has 0 radical (unpaired) electrons. The third kappa shape index (κ3) is 5.27. The van der Waals surface area contributed by atoms with Crippen LogP contribution >= 0.6 is 0 Å². The monoisotopic (exact) mass is 436 g/mol. The summed E-state index contributed by atoms with van der Waals surface area (Å²) >= 11 is 0. The Hall–Kier alpha value is -3.37. The van der Waals surface area contributed by atoms with Crippen LogP contribution in [0.2, 0.25) is 0 Å². The molecule has 3 aromatic heterocycles. The molecule has 4 rings (SSSR count). The van der Waals surface area contributed by atoms with Gasteiger partial charge in [0.25, 0.3) is 5.91 Å². The first-order valence-electron chi connectivity index (χ1n) is 10.6. The van der Waals surface area contributed by atoms with Crippen LogP contribution in [0.25, 0.3) is 22.5 Å². The molecule has 32 heavy (non-hydrogen) atoms. The number of anilines is 1. The number of amides is 1. The van der Waals surface area contributed by atoms with Crippen molar-refractivity contribution in [3.63, 3.8) is 0 Å². The van der Waals surface area contributed by atoms with Crippen LogP contribution < -0.4 is 16.4 Å². The number of piperidine rings is 1. The van der Waals surface area contributed by atoms with Crippen LogP contribution in [0.5, 0.6) is 0 Å².